The number of benzene rings is 1. The second-order valence-corrected chi connectivity index (χ2v) is 9.88. The fourth-order valence-corrected chi connectivity index (χ4v) is 5.64. The third kappa shape index (κ3) is 5.08. The molecule has 8 nitrogen and oxygen atoms in total. The largest absolute Gasteiger partial charge is 0.394 e. The van der Waals surface area contributed by atoms with Crippen LogP contribution in [0.15, 0.2) is 36.4 Å². The van der Waals surface area contributed by atoms with E-state index in [-0.39, 0.29) is 36.2 Å². The molecule has 0 aromatic heterocycles. The van der Waals surface area contributed by atoms with E-state index in [0.717, 1.165) is 18.8 Å². The lowest BCUT2D eigenvalue weighted by Gasteiger charge is -2.35. The Bertz CT molecular complexity index is 941. The van der Waals surface area contributed by atoms with Crippen LogP contribution in [0.4, 0.5) is 11.4 Å². The molecule has 2 aliphatic rings. The Balaban J connectivity index is 1.96. The molecular weight excluding hydrogens is 444 g/mol. The highest BCUT2D eigenvalue weighted by molar-refractivity contribution is 6.02. The summed E-state index contributed by atoms with van der Waals surface area (Å²) in [6.07, 6.45) is 3.84. The minimum absolute atomic E-state index is 0.0624. The predicted molar refractivity (Wildman–Crippen MR) is 138 cm³/mol. The van der Waals surface area contributed by atoms with Gasteiger partial charge < -0.3 is 25.5 Å². The molecule has 3 amide bonds. The molecule has 0 bridgehead atoms. The molecular formula is C27H40N4O4. The molecule has 0 spiro atoms. The fraction of sp³-hybridized carbons (Fsp3) is 0.593. The molecule has 1 saturated heterocycles. The van der Waals surface area contributed by atoms with Crippen molar-refractivity contribution >= 4 is 29.1 Å². The number of amides is 3. The number of allylic oxidation sites excluding steroid dienone is 1. The number of hydrogen-bond acceptors (Lipinski definition) is 5. The van der Waals surface area contributed by atoms with E-state index < -0.39 is 29.8 Å². The first kappa shape index (κ1) is 26.7. The van der Waals surface area contributed by atoms with Crippen LogP contribution in [0.1, 0.15) is 34.6 Å². The average Bonchev–Trinajstić information content (AvgIpc) is 3.13. The van der Waals surface area contributed by atoms with E-state index in [1.165, 1.54) is 4.90 Å². The minimum Gasteiger partial charge on any atom is -0.394 e. The minimum atomic E-state index is -0.814. The van der Waals surface area contributed by atoms with Crippen LogP contribution in [0.3, 0.4) is 0 Å². The Labute approximate surface area is 208 Å². The molecule has 3 rings (SSSR count). The Morgan fingerprint density at radius 2 is 1.71 bits per heavy atom. The van der Waals surface area contributed by atoms with Gasteiger partial charge in [-0.25, -0.2) is 0 Å². The van der Waals surface area contributed by atoms with Gasteiger partial charge in [-0.05, 0) is 49.9 Å². The number of hydrogen-bond donors (Lipinski definition) is 3. The Kier molecular flexibility index (Phi) is 8.59. The van der Waals surface area contributed by atoms with Crippen molar-refractivity contribution in [1.82, 2.24) is 10.2 Å². The number of aliphatic hydroxyl groups excluding tert-OH is 1. The summed E-state index contributed by atoms with van der Waals surface area (Å²) in [6.45, 7) is 11.5. The molecule has 0 unspecified atom stereocenters. The van der Waals surface area contributed by atoms with Gasteiger partial charge in [-0.1, -0.05) is 32.9 Å². The monoisotopic (exact) mass is 484 g/mol. The van der Waals surface area contributed by atoms with Gasteiger partial charge in [0.1, 0.15) is 6.04 Å². The zero-order chi connectivity index (χ0) is 25.9. The van der Waals surface area contributed by atoms with E-state index in [0.29, 0.717) is 5.69 Å². The lowest BCUT2D eigenvalue weighted by atomic mass is 9.70. The first-order valence-corrected chi connectivity index (χ1v) is 12.7. The summed E-state index contributed by atoms with van der Waals surface area (Å²) in [6, 6.07) is 6.33. The number of nitrogens with one attached hydrogen (secondary N) is 2. The third-order valence-corrected chi connectivity index (χ3v) is 7.60. The summed E-state index contributed by atoms with van der Waals surface area (Å²) in [5.74, 6) is -2.63. The molecule has 1 aliphatic heterocycles. The lowest BCUT2D eigenvalue weighted by Crippen LogP contribution is -2.52. The van der Waals surface area contributed by atoms with Crippen LogP contribution in [0.25, 0.3) is 0 Å². The second kappa shape index (κ2) is 11.2. The molecule has 0 saturated carbocycles. The summed E-state index contributed by atoms with van der Waals surface area (Å²) >= 11 is 0. The molecule has 35 heavy (non-hydrogen) atoms. The normalized spacial score (nSPS) is 26.5. The summed E-state index contributed by atoms with van der Waals surface area (Å²) in [5.41, 5.74) is 1.71. The van der Waals surface area contributed by atoms with Gasteiger partial charge in [-0.2, -0.15) is 0 Å². The van der Waals surface area contributed by atoms with Gasteiger partial charge in [0.05, 0.1) is 24.5 Å². The average molecular weight is 485 g/mol. The van der Waals surface area contributed by atoms with Crippen LogP contribution in [-0.4, -0.2) is 66.6 Å². The smallest absolute Gasteiger partial charge is 0.247 e. The van der Waals surface area contributed by atoms with Gasteiger partial charge in [-0.3, -0.25) is 14.4 Å². The molecule has 6 atom stereocenters. The molecule has 192 valence electrons. The van der Waals surface area contributed by atoms with E-state index >= 15 is 0 Å². The second-order valence-electron chi connectivity index (χ2n) is 9.88. The summed E-state index contributed by atoms with van der Waals surface area (Å²) < 4.78 is 0. The molecule has 3 N–H and O–H groups in total. The van der Waals surface area contributed by atoms with Crippen LogP contribution in [0.5, 0.6) is 0 Å². The number of carbonyl (C=O) groups is 3. The fourth-order valence-electron chi connectivity index (χ4n) is 5.64. The maximum atomic E-state index is 13.8. The molecule has 0 radical (unpaired) electrons. The van der Waals surface area contributed by atoms with Crippen molar-refractivity contribution in [1.29, 1.82) is 0 Å². The molecule has 1 heterocycles. The molecule has 1 aromatic carbocycles. The third-order valence-electron chi connectivity index (χ3n) is 7.60. The Morgan fingerprint density at radius 3 is 2.23 bits per heavy atom. The number of likely N-dealkylation sites (tertiary alicyclic amines) is 1. The van der Waals surface area contributed by atoms with Crippen molar-refractivity contribution in [3.8, 4) is 0 Å². The Morgan fingerprint density at radius 1 is 1.09 bits per heavy atom. The first-order chi connectivity index (χ1) is 16.7. The lowest BCUT2D eigenvalue weighted by molar-refractivity contribution is -0.143. The number of fused-ring (bicyclic) bond motifs is 1. The van der Waals surface area contributed by atoms with E-state index in [4.69, 9.17) is 0 Å². The summed E-state index contributed by atoms with van der Waals surface area (Å²) in [5, 5.41) is 15.9. The number of anilines is 2. The van der Waals surface area contributed by atoms with Crippen LogP contribution in [0.2, 0.25) is 0 Å². The highest BCUT2D eigenvalue weighted by Gasteiger charge is 2.58. The Hall–Kier alpha value is -2.87. The van der Waals surface area contributed by atoms with E-state index in [1.54, 1.807) is 7.05 Å². The van der Waals surface area contributed by atoms with Crippen molar-refractivity contribution in [2.75, 3.05) is 37.0 Å². The van der Waals surface area contributed by atoms with Crippen molar-refractivity contribution in [3.05, 3.63) is 36.4 Å². The standard InChI is InChI=1S/C27H40N4O4/c1-7-30(8-2)19-12-10-18(11-13-19)29-26(34)24-20-14-9-17(5)22(25(33)28-6)23(20)27(35)31(24)21(15-32)16(3)4/h9-14,16-17,20-24,32H,7-8,15H2,1-6H3,(H,28,33)(H,29,34)/t17-,20+,21+,22-,23-,24+/m1/s1. The topological polar surface area (TPSA) is 102 Å². The van der Waals surface area contributed by atoms with E-state index in [1.807, 2.05) is 57.2 Å². The van der Waals surface area contributed by atoms with Crippen LogP contribution < -0.4 is 15.5 Å². The van der Waals surface area contributed by atoms with Gasteiger partial charge in [0.25, 0.3) is 0 Å². The van der Waals surface area contributed by atoms with Crippen LogP contribution in [0, 0.1) is 29.6 Å². The molecule has 8 heteroatoms. The van der Waals surface area contributed by atoms with Crippen molar-refractivity contribution < 1.29 is 19.5 Å². The van der Waals surface area contributed by atoms with Gasteiger partial charge in [0.2, 0.25) is 17.7 Å². The molecule has 1 aliphatic carbocycles. The van der Waals surface area contributed by atoms with Crippen molar-refractivity contribution in [2.45, 2.75) is 46.7 Å². The van der Waals surface area contributed by atoms with Gasteiger partial charge in [-0.15, -0.1) is 0 Å². The quantitative estimate of drug-likeness (QED) is 0.468. The maximum Gasteiger partial charge on any atom is 0.247 e. The van der Waals surface area contributed by atoms with Crippen LogP contribution in [-0.2, 0) is 14.4 Å². The molecule has 1 fully saturated rings. The summed E-state index contributed by atoms with van der Waals surface area (Å²) in [4.78, 5) is 44.0. The first-order valence-electron chi connectivity index (χ1n) is 12.7. The van der Waals surface area contributed by atoms with E-state index in [9.17, 15) is 19.5 Å². The number of carbonyl (C=O) groups excluding carboxylic acids is 3. The zero-order valence-electron chi connectivity index (χ0n) is 21.7. The van der Waals surface area contributed by atoms with Gasteiger partial charge in [0.15, 0.2) is 0 Å². The summed E-state index contributed by atoms with van der Waals surface area (Å²) in [7, 11) is 1.57. The van der Waals surface area contributed by atoms with Crippen molar-refractivity contribution in [3.63, 3.8) is 0 Å². The zero-order valence-corrected chi connectivity index (χ0v) is 21.7. The highest BCUT2D eigenvalue weighted by Crippen LogP contribution is 2.45. The van der Waals surface area contributed by atoms with Crippen LogP contribution >= 0.6 is 0 Å². The number of rotatable bonds is 9. The molecule has 1 aromatic rings. The highest BCUT2D eigenvalue weighted by atomic mass is 16.3. The maximum absolute atomic E-state index is 13.8. The predicted octanol–water partition coefficient (Wildman–Crippen LogP) is 2.50. The van der Waals surface area contributed by atoms with E-state index in [2.05, 4.69) is 29.4 Å². The SMILES string of the molecule is CCN(CC)c1ccc(NC(=O)[C@@H]2[C@H]3C=C[C@@H](C)[C@@H](C(=O)NC)[C@@H]3C(=O)N2[C@@H](CO)C(C)C)cc1. The number of aliphatic hydroxyl groups is 1. The van der Waals surface area contributed by atoms with Crippen molar-refractivity contribution in [2.24, 2.45) is 29.6 Å². The van der Waals surface area contributed by atoms with Gasteiger partial charge >= 0.3 is 0 Å². The van der Waals surface area contributed by atoms with Gasteiger partial charge in [0, 0.05) is 37.4 Å². The number of nitrogens with zero attached hydrogens (tertiary/aromatic N) is 2.